The maximum atomic E-state index is 2.41. The third-order valence-electron chi connectivity index (χ3n) is 2.05. The first-order valence-electron chi connectivity index (χ1n) is 3.90. The summed E-state index contributed by atoms with van der Waals surface area (Å²) in [6.45, 7) is 7.14. The summed E-state index contributed by atoms with van der Waals surface area (Å²) in [6.07, 6.45) is 4.91. The van der Waals surface area contributed by atoms with Crippen LogP contribution in [0.2, 0.25) is 0 Å². The molecule has 0 bridgehead atoms. The highest BCUT2D eigenvalue weighted by Crippen LogP contribution is 2.03. The number of hydrogen-bond acceptors (Lipinski definition) is 0. The molecule has 1 aliphatic rings. The monoisotopic (exact) mass is 126 g/mol. The topological polar surface area (TPSA) is 3.01 Å². The number of nitrogens with zero attached hydrogens (tertiary/aromatic N) is 1. The molecule has 1 heterocycles. The summed E-state index contributed by atoms with van der Waals surface area (Å²) in [5.41, 5.74) is 0. The van der Waals surface area contributed by atoms with Crippen LogP contribution < -0.4 is 0 Å². The predicted octanol–water partition coefficient (Wildman–Crippen LogP) is 1.52. The van der Waals surface area contributed by atoms with E-state index in [-0.39, 0.29) is 0 Å². The zero-order valence-electron chi connectivity index (χ0n) is 6.43. The molecule has 1 unspecified atom stereocenters. The maximum Gasteiger partial charge on any atom is 0.151 e. The van der Waals surface area contributed by atoms with Crippen LogP contribution in [0.5, 0.6) is 0 Å². The van der Waals surface area contributed by atoms with Crippen LogP contribution in [0.3, 0.4) is 0 Å². The summed E-state index contributed by atoms with van der Waals surface area (Å²) < 4.78 is 2.41. The number of rotatable bonds is 3. The summed E-state index contributed by atoms with van der Waals surface area (Å²) >= 11 is 0. The summed E-state index contributed by atoms with van der Waals surface area (Å²) in [7, 11) is 0. The fourth-order valence-corrected chi connectivity index (χ4v) is 1.01. The van der Waals surface area contributed by atoms with Gasteiger partial charge in [-0.05, 0) is 6.42 Å². The summed E-state index contributed by atoms with van der Waals surface area (Å²) in [5, 5.41) is 0. The molecule has 0 spiro atoms. The average molecular weight is 126 g/mol. The van der Waals surface area contributed by atoms with Gasteiger partial charge in [-0.25, -0.2) is 4.58 Å². The van der Waals surface area contributed by atoms with E-state index < -0.39 is 0 Å². The molecule has 9 heavy (non-hydrogen) atoms. The molecule has 0 saturated carbocycles. The quantitative estimate of drug-likeness (QED) is 0.504. The van der Waals surface area contributed by atoms with E-state index >= 15 is 0 Å². The molecule has 0 radical (unpaired) electrons. The Morgan fingerprint density at radius 1 is 1.67 bits per heavy atom. The molecule has 0 aromatic carbocycles. The van der Waals surface area contributed by atoms with E-state index in [1.165, 1.54) is 25.9 Å². The van der Waals surface area contributed by atoms with Crippen molar-refractivity contribution in [3.05, 3.63) is 0 Å². The van der Waals surface area contributed by atoms with Gasteiger partial charge in [-0.1, -0.05) is 13.8 Å². The lowest BCUT2D eigenvalue weighted by molar-refractivity contribution is -0.552. The van der Waals surface area contributed by atoms with Gasteiger partial charge >= 0.3 is 0 Å². The highest BCUT2D eigenvalue weighted by Gasteiger charge is 2.14. The second kappa shape index (κ2) is 3.00. The molecule has 0 N–H and O–H groups in total. The lowest BCUT2D eigenvalue weighted by Gasteiger charge is -2.12. The van der Waals surface area contributed by atoms with Gasteiger partial charge in [-0.15, -0.1) is 0 Å². The molecule has 1 nitrogen and oxygen atoms in total. The van der Waals surface area contributed by atoms with Gasteiger partial charge in [-0.3, -0.25) is 0 Å². The van der Waals surface area contributed by atoms with Crippen molar-refractivity contribution < 1.29 is 4.58 Å². The average Bonchev–Trinajstić information content (AvgIpc) is 1.78. The Bertz CT molecular complexity index is 116. The maximum absolute atomic E-state index is 2.41. The van der Waals surface area contributed by atoms with Gasteiger partial charge in [0.25, 0.3) is 0 Å². The van der Waals surface area contributed by atoms with Gasteiger partial charge in [0, 0.05) is 5.92 Å². The van der Waals surface area contributed by atoms with Crippen molar-refractivity contribution >= 4 is 6.21 Å². The van der Waals surface area contributed by atoms with Crippen LogP contribution in [-0.4, -0.2) is 23.9 Å². The van der Waals surface area contributed by atoms with E-state index in [9.17, 15) is 0 Å². The van der Waals surface area contributed by atoms with Gasteiger partial charge in [0.1, 0.15) is 12.8 Å². The minimum absolute atomic E-state index is 0.876. The summed E-state index contributed by atoms with van der Waals surface area (Å²) in [5.74, 6) is 0.876. The molecular formula is C8H16N+. The lowest BCUT2D eigenvalue weighted by atomic mass is 10.1. The Morgan fingerprint density at radius 2 is 2.33 bits per heavy atom. The van der Waals surface area contributed by atoms with E-state index in [1.807, 2.05) is 0 Å². The van der Waals surface area contributed by atoms with Gasteiger partial charge < -0.3 is 0 Å². The zero-order valence-corrected chi connectivity index (χ0v) is 6.43. The van der Waals surface area contributed by atoms with Gasteiger partial charge in [0.15, 0.2) is 6.54 Å². The van der Waals surface area contributed by atoms with Gasteiger partial charge in [0.05, 0.1) is 6.42 Å². The van der Waals surface area contributed by atoms with Crippen LogP contribution in [0.4, 0.5) is 0 Å². The van der Waals surface area contributed by atoms with E-state index in [1.54, 1.807) is 0 Å². The highest BCUT2D eigenvalue weighted by atomic mass is 15.0. The minimum Gasteiger partial charge on any atom is -0.238 e. The molecule has 0 amide bonds. The summed E-state index contributed by atoms with van der Waals surface area (Å²) in [6, 6.07) is 0. The van der Waals surface area contributed by atoms with Crippen LogP contribution in [0, 0.1) is 5.92 Å². The summed E-state index contributed by atoms with van der Waals surface area (Å²) in [4.78, 5) is 0. The van der Waals surface area contributed by atoms with Crippen molar-refractivity contribution in [2.24, 2.45) is 5.92 Å². The molecule has 1 aliphatic heterocycles. The molecule has 1 atom stereocenters. The van der Waals surface area contributed by atoms with Crippen molar-refractivity contribution in [2.45, 2.75) is 26.7 Å². The first-order valence-corrected chi connectivity index (χ1v) is 3.90. The van der Waals surface area contributed by atoms with E-state index in [0.29, 0.717) is 0 Å². The van der Waals surface area contributed by atoms with Crippen LogP contribution in [0.15, 0.2) is 0 Å². The van der Waals surface area contributed by atoms with Crippen molar-refractivity contribution in [1.29, 1.82) is 0 Å². The van der Waals surface area contributed by atoms with Gasteiger partial charge in [0.2, 0.25) is 0 Å². The van der Waals surface area contributed by atoms with Crippen molar-refractivity contribution in [1.82, 2.24) is 0 Å². The van der Waals surface area contributed by atoms with E-state index in [0.717, 1.165) is 5.92 Å². The predicted molar refractivity (Wildman–Crippen MR) is 40.1 cm³/mol. The standard InChI is InChI=1S/C8H16N/c1-3-8(2)7-9-5-4-6-9/h5,8H,3-4,6-7H2,1-2H3/q+1. The van der Waals surface area contributed by atoms with Crippen molar-refractivity contribution in [3.63, 3.8) is 0 Å². The lowest BCUT2D eigenvalue weighted by Crippen LogP contribution is -2.28. The van der Waals surface area contributed by atoms with Crippen LogP contribution in [-0.2, 0) is 0 Å². The van der Waals surface area contributed by atoms with Crippen LogP contribution in [0.1, 0.15) is 26.7 Å². The van der Waals surface area contributed by atoms with E-state index in [2.05, 4.69) is 24.6 Å². The fraction of sp³-hybridized carbons (Fsp3) is 0.875. The highest BCUT2D eigenvalue weighted by molar-refractivity contribution is 5.54. The van der Waals surface area contributed by atoms with Crippen molar-refractivity contribution in [3.8, 4) is 0 Å². The zero-order chi connectivity index (χ0) is 6.69. The Balaban J connectivity index is 2.16. The Kier molecular flexibility index (Phi) is 2.26. The largest absolute Gasteiger partial charge is 0.238 e. The third kappa shape index (κ3) is 1.81. The Labute approximate surface area is 57.4 Å². The minimum atomic E-state index is 0.876. The smallest absolute Gasteiger partial charge is 0.151 e. The van der Waals surface area contributed by atoms with E-state index in [4.69, 9.17) is 0 Å². The molecule has 0 aromatic rings. The second-order valence-corrected chi connectivity index (χ2v) is 2.98. The molecule has 0 aliphatic carbocycles. The number of hydrogen-bond donors (Lipinski definition) is 0. The molecule has 1 rings (SSSR count). The Hall–Kier alpha value is -0.330. The third-order valence-corrected chi connectivity index (χ3v) is 2.05. The molecule has 0 fully saturated rings. The van der Waals surface area contributed by atoms with Crippen LogP contribution >= 0.6 is 0 Å². The first kappa shape index (κ1) is 6.79. The second-order valence-electron chi connectivity index (χ2n) is 2.98. The fourth-order valence-electron chi connectivity index (χ4n) is 1.01. The molecule has 0 aromatic heterocycles. The molecule has 1 heteroatoms. The van der Waals surface area contributed by atoms with Crippen LogP contribution in [0.25, 0.3) is 0 Å². The van der Waals surface area contributed by atoms with Crippen molar-refractivity contribution in [2.75, 3.05) is 13.1 Å². The molecule has 52 valence electrons. The first-order chi connectivity index (χ1) is 4.33. The Morgan fingerprint density at radius 3 is 2.67 bits per heavy atom. The molecular weight excluding hydrogens is 110 g/mol. The van der Waals surface area contributed by atoms with Gasteiger partial charge in [-0.2, -0.15) is 0 Å². The molecule has 0 saturated heterocycles. The normalized spacial score (nSPS) is 20.4. The SMILES string of the molecule is CCC(C)C[N+]1=CCC1.